The molecule has 6 aromatic carbocycles. The summed E-state index contributed by atoms with van der Waals surface area (Å²) >= 11 is 0. The number of benzene rings is 6. The minimum Gasteiger partial charge on any atom is -0.319 e. The van der Waals surface area contributed by atoms with E-state index in [4.69, 9.17) is 6.57 Å². The van der Waals surface area contributed by atoms with Crippen molar-refractivity contribution in [3.63, 3.8) is 0 Å². The standard InChI is InChI=1S/C53H53F2N3/c1-50(2,3)32-14-18-39-40-19-15-33(51(4,5)6)27-45(40)57(44(39)26-32)43-23-22-38(31-24-36(54)30-37(55)25-31)49(48(43)56-13)58-46-28-34(52(7,8)9)16-20-41(46)42-21-17-35(29-47(42)58)53(10,11)12/h14-30H,1-12H3. The van der Waals surface area contributed by atoms with E-state index in [0.29, 0.717) is 28.2 Å². The Balaban J connectivity index is 1.62. The molecule has 0 radical (unpaired) electrons. The molecular weight excluding hydrogens is 717 g/mol. The second-order valence-electron chi connectivity index (χ2n) is 20.2. The summed E-state index contributed by atoms with van der Waals surface area (Å²) in [6, 6.07) is 34.1. The number of aromatic nitrogens is 2. The smallest absolute Gasteiger partial charge is 0.234 e. The van der Waals surface area contributed by atoms with Crippen LogP contribution in [-0.4, -0.2) is 9.13 Å². The number of hydrogen-bond donors (Lipinski definition) is 0. The second-order valence-corrected chi connectivity index (χ2v) is 20.2. The van der Waals surface area contributed by atoms with Crippen LogP contribution in [0, 0.1) is 18.2 Å². The molecule has 2 aromatic heterocycles. The van der Waals surface area contributed by atoms with Crippen LogP contribution in [0.2, 0.25) is 0 Å². The van der Waals surface area contributed by atoms with Crippen LogP contribution in [0.5, 0.6) is 0 Å². The van der Waals surface area contributed by atoms with Crippen LogP contribution < -0.4 is 0 Å². The molecule has 294 valence electrons. The second kappa shape index (κ2) is 13.1. The lowest BCUT2D eigenvalue weighted by atomic mass is 9.86. The molecule has 0 bridgehead atoms. The summed E-state index contributed by atoms with van der Waals surface area (Å²) < 4.78 is 34.9. The first-order chi connectivity index (χ1) is 27.1. The zero-order valence-corrected chi connectivity index (χ0v) is 35.9. The third kappa shape index (κ3) is 6.48. The highest BCUT2D eigenvalue weighted by Gasteiger charge is 2.28. The Morgan fingerprint density at radius 2 is 0.776 bits per heavy atom. The molecule has 58 heavy (non-hydrogen) atoms. The first-order valence-corrected chi connectivity index (χ1v) is 20.3. The molecular formula is C53H53F2N3. The number of nitrogens with zero attached hydrogens (tertiary/aromatic N) is 3. The fraction of sp³-hybridized carbons (Fsp3) is 0.302. The van der Waals surface area contributed by atoms with Crippen LogP contribution in [0.15, 0.2) is 103 Å². The molecule has 0 saturated carbocycles. The van der Waals surface area contributed by atoms with Crippen LogP contribution in [0.25, 0.3) is 71.0 Å². The summed E-state index contributed by atoms with van der Waals surface area (Å²) in [4.78, 5) is 4.45. The Labute approximate surface area is 341 Å². The predicted octanol–water partition coefficient (Wildman–Crippen LogP) is 15.6. The van der Waals surface area contributed by atoms with Crippen molar-refractivity contribution in [2.45, 2.75) is 105 Å². The van der Waals surface area contributed by atoms with E-state index in [-0.39, 0.29) is 21.7 Å². The Kier molecular flexibility index (Phi) is 8.87. The lowest BCUT2D eigenvalue weighted by Crippen LogP contribution is -2.12. The van der Waals surface area contributed by atoms with Gasteiger partial charge in [0.2, 0.25) is 5.69 Å². The van der Waals surface area contributed by atoms with Gasteiger partial charge in [0.05, 0.1) is 40.0 Å². The molecule has 0 spiro atoms. The van der Waals surface area contributed by atoms with Crippen molar-refractivity contribution in [1.29, 1.82) is 0 Å². The first kappa shape index (κ1) is 39.1. The third-order valence-corrected chi connectivity index (χ3v) is 11.9. The Morgan fingerprint density at radius 3 is 1.10 bits per heavy atom. The summed E-state index contributed by atoms with van der Waals surface area (Å²) in [5.41, 5.74) is 10.6. The zero-order valence-electron chi connectivity index (χ0n) is 35.9. The van der Waals surface area contributed by atoms with E-state index in [9.17, 15) is 0 Å². The van der Waals surface area contributed by atoms with Crippen LogP contribution in [-0.2, 0) is 21.7 Å². The number of halogens is 2. The van der Waals surface area contributed by atoms with Crippen LogP contribution in [0.3, 0.4) is 0 Å². The first-order valence-electron chi connectivity index (χ1n) is 20.3. The molecule has 8 aromatic rings. The monoisotopic (exact) mass is 769 g/mol. The van der Waals surface area contributed by atoms with Crippen LogP contribution >= 0.6 is 0 Å². The third-order valence-electron chi connectivity index (χ3n) is 11.9. The summed E-state index contributed by atoms with van der Waals surface area (Å²) in [6.07, 6.45) is 0. The van der Waals surface area contributed by atoms with Gasteiger partial charge < -0.3 is 9.13 Å². The maximum Gasteiger partial charge on any atom is 0.234 e. The molecule has 2 heterocycles. The van der Waals surface area contributed by atoms with Gasteiger partial charge in [-0.05, 0) is 97.5 Å². The van der Waals surface area contributed by atoms with E-state index < -0.39 is 11.6 Å². The van der Waals surface area contributed by atoms with Crippen molar-refractivity contribution in [2.75, 3.05) is 0 Å². The fourth-order valence-electron chi connectivity index (χ4n) is 8.43. The Morgan fingerprint density at radius 1 is 0.431 bits per heavy atom. The quantitative estimate of drug-likeness (QED) is 0.159. The molecule has 0 amide bonds. The molecule has 0 aliphatic rings. The van der Waals surface area contributed by atoms with Crippen molar-refractivity contribution >= 4 is 49.3 Å². The van der Waals surface area contributed by atoms with Gasteiger partial charge in [0.1, 0.15) is 11.6 Å². The summed E-state index contributed by atoms with van der Waals surface area (Å²) in [6.45, 7) is 35.6. The molecule has 0 atom stereocenters. The SMILES string of the molecule is [C-]#[N+]c1c(-n2c3cc(C(C)(C)C)ccc3c3ccc(C(C)(C)C)cc32)ccc(-c2cc(F)cc(F)c2)c1-n1c2cc(C(C)(C)C)ccc2c2ccc(C(C)(C)C)cc21. The summed E-state index contributed by atoms with van der Waals surface area (Å²) in [5, 5.41) is 4.28. The minimum absolute atomic E-state index is 0.121. The van der Waals surface area contributed by atoms with Crippen LogP contribution in [0.1, 0.15) is 105 Å². The summed E-state index contributed by atoms with van der Waals surface area (Å²) in [5.74, 6) is -1.35. The van der Waals surface area contributed by atoms with Crippen molar-refractivity contribution in [3.05, 3.63) is 148 Å². The van der Waals surface area contributed by atoms with Gasteiger partial charge in [-0.25, -0.2) is 13.6 Å². The lowest BCUT2D eigenvalue weighted by molar-refractivity contribution is 0.584. The van der Waals surface area contributed by atoms with E-state index in [1.165, 1.54) is 23.3 Å². The Hall–Kier alpha value is -5.73. The van der Waals surface area contributed by atoms with Gasteiger partial charge >= 0.3 is 0 Å². The van der Waals surface area contributed by atoms with Gasteiger partial charge in [-0.2, -0.15) is 0 Å². The van der Waals surface area contributed by atoms with Gasteiger partial charge in [-0.3, -0.25) is 0 Å². The van der Waals surface area contributed by atoms with E-state index in [0.717, 1.165) is 60.8 Å². The highest BCUT2D eigenvalue weighted by Crippen LogP contribution is 2.47. The van der Waals surface area contributed by atoms with Gasteiger partial charge in [0, 0.05) is 27.6 Å². The highest BCUT2D eigenvalue weighted by molar-refractivity contribution is 6.13. The molecule has 0 unspecified atom stereocenters. The Bertz CT molecular complexity index is 2850. The average molecular weight is 770 g/mol. The van der Waals surface area contributed by atoms with E-state index in [1.54, 1.807) is 0 Å². The van der Waals surface area contributed by atoms with Crippen molar-refractivity contribution < 1.29 is 8.78 Å². The molecule has 8 rings (SSSR count). The van der Waals surface area contributed by atoms with Gasteiger partial charge in [0.15, 0.2) is 0 Å². The molecule has 0 N–H and O–H groups in total. The molecule has 0 saturated heterocycles. The topological polar surface area (TPSA) is 14.2 Å². The molecule has 0 fully saturated rings. The normalized spacial score (nSPS) is 13.0. The number of hydrogen-bond acceptors (Lipinski definition) is 0. The van der Waals surface area contributed by atoms with Crippen LogP contribution in [0.4, 0.5) is 14.5 Å². The number of fused-ring (bicyclic) bond motifs is 6. The lowest BCUT2D eigenvalue weighted by Gasteiger charge is -2.23. The predicted molar refractivity (Wildman–Crippen MR) is 242 cm³/mol. The van der Waals surface area contributed by atoms with Crippen molar-refractivity contribution in [2.24, 2.45) is 0 Å². The highest BCUT2D eigenvalue weighted by atomic mass is 19.1. The van der Waals surface area contributed by atoms with Crippen molar-refractivity contribution in [1.82, 2.24) is 9.13 Å². The zero-order chi connectivity index (χ0) is 41.9. The maximum absolute atomic E-state index is 15.3. The molecule has 0 aliphatic heterocycles. The largest absolute Gasteiger partial charge is 0.319 e. The minimum atomic E-state index is -0.673. The average Bonchev–Trinajstić information content (AvgIpc) is 3.63. The van der Waals surface area contributed by atoms with Crippen molar-refractivity contribution in [3.8, 4) is 22.5 Å². The molecule has 0 aliphatic carbocycles. The van der Waals surface area contributed by atoms with Gasteiger partial charge in [-0.15, -0.1) is 0 Å². The number of rotatable bonds is 3. The molecule has 5 heteroatoms. The fourth-order valence-corrected chi connectivity index (χ4v) is 8.43. The van der Waals surface area contributed by atoms with Gasteiger partial charge in [-0.1, -0.05) is 138 Å². The van der Waals surface area contributed by atoms with E-state index in [2.05, 4.69) is 170 Å². The summed E-state index contributed by atoms with van der Waals surface area (Å²) in [7, 11) is 0. The van der Waals surface area contributed by atoms with Gasteiger partial charge in [0.25, 0.3) is 0 Å². The van der Waals surface area contributed by atoms with E-state index in [1.807, 2.05) is 12.1 Å². The maximum atomic E-state index is 15.3. The molecule has 3 nitrogen and oxygen atoms in total. The van der Waals surface area contributed by atoms with E-state index >= 15 is 8.78 Å².